The summed E-state index contributed by atoms with van der Waals surface area (Å²) in [5.41, 5.74) is 0. The summed E-state index contributed by atoms with van der Waals surface area (Å²) in [6.07, 6.45) is 2.96. The lowest BCUT2D eigenvalue weighted by Crippen LogP contribution is -1.95. The lowest BCUT2D eigenvalue weighted by Gasteiger charge is -1.93. The Morgan fingerprint density at radius 2 is 2.50 bits per heavy atom. The minimum absolute atomic E-state index is 0.221. The number of anilines is 1. The quantitative estimate of drug-likeness (QED) is 0.470. The van der Waals surface area contributed by atoms with Crippen molar-refractivity contribution in [2.75, 3.05) is 5.32 Å². The van der Waals surface area contributed by atoms with Crippen molar-refractivity contribution in [3.05, 3.63) is 11.2 Å². The summed E-state index contributed by atoms with van der Waals surface area (Å²) < 4.78 is 0. The van der Waals surface area contributed by atoms with Crippen LogP contribution in [0.25, 0.3) is 0 Å². The first kappa shape index (κ1) is 6.71. The summed E-state index contributed by atoms with van der Waals surface area (Å²) in [6.45, 7) is 0. The second-order valence-electron chi connectivity index (χ2n) is 1.37. The molecule has 1 aromatic rings. The van der Waals surface area contributed by atoms with Crippen molar-refractivity contribution >= 4 is 17.4 Å². The molecule has 0 spiro atoms. The van der Waals surface area contributed by atoms with E-state index in [1.54, 1.807) is 6.19 Å². The Bertz CT molecular complexity index is 267. The molecule has 50 valence electrons. The van der Waals surface area contributed by atoms with Crippen molar-refractivity contribution in [2.45, 2.75) is 0 Å². The highest BCUT2D eigenvalue weighted by Gasteiger charge is 1.98. The van der Waals surface area contributed by atoms with E-state index in [2.05, 4.69) is 20.7 Å². The molecular weight excluding hydrogens is 154 g/mol. The van der Waals surface area contributed by atoms with Gasteiger partial charge in [-0.3, -0.25) is 5.32 Å². The standard InChI is InChI=1S/C4H2ClN5/c5-3-1-8-10-9-4(3)7-2-6/h1H,(H,7,8,9). The van der Waals surface area contributed by atoms with Gasteiger partial charge < -0.3 is 0 Å². The maximum atomic E-state index is 8.14. The fraction of sp³-hybridized carbons (Fsp3) is 0. The van der Waals surface area contributed by atoms with Gasteiger partial charge in [-0.1, -0.05) is 11.6 Å². The van der Waals surface area contributed by atoms with Crippen LogP contribution in [-0.4, -0.2) is 15.4 Å². The molecule has 1 rings (SSSR count). The molecule has 0 aliphatic heterocycles. The Kier molecular flexibility index (Phi) is 1.97. The molecule has 1 heterocycles. The van der Waals surface area contributed by atoms with E-state index in [-0.39, 0.29) is 10.8 Å². The molecule has 10 heavy (non-hydrogen) atoms. The zero-order valence-electron chi connectivity index (χ0n) is 4.74. The van der Waals surface area contributed by atoms with Gasteiger partial charge in [-0.15, -0.1) is 10.2 Å². The molecule has 0 atom stereocenters. The second-order valence-corrected chi connectivity index (χ2v) is 1.77. The number of nitriles is 1. The number of halogens is 1. The number of nitrogens with one attached hydrogen (secondary N) is 1. The Morgan fingerprint density at radius 3 is 3.10 bits per heavy atom. The fourth-order valence-electron chi connectivity index (χ4n) is 0.394. The smallest absolute Gasteiger partial charge is 0.183 e. The van der Waals surface area contributed by atoms with Gasteiger partial charge in [-0.05, 0) is 5.21 Å². The molecule has 0 aliphatic rings. The van der Waals surface area contributed by atoms with Crippen LogP contribution in [0.15, 0.2) is 6.20 Å². The van der Waals surface area contributed by atoms with Crippen LogP contribution in [0.1, 0.15) is 0 Å². The molecule has 0 aromatic carbocycles. The van der Waals surface area contributed by atoms with Crippen molar-refractivity contribution < 1.29 is 0 Å². The highest BCUT2D eigenvalue weighted by molar-refractivity contribution is 6.32. The van der Waals surface area contributed by atoms with Gasteiger partial charge in [0.1, 0.15) is 5.02 Å². The predicted molar refractivity (Wildman–Crippen MR) is 34.1 cm³/mol. The van der Waals surface area contributed by atoms with Gasteiger partial charge in [0.15, 0.2) is 12.0 Å². The maximum absolute atomic E-state index is 8.14. The van der Waals surface area contributed by atoms with Gasteiger partial charge in [0.05, 0.1) is 6.20 Å². The minimum atomic E-state index is 0.221. The van der Waals surface area contributed by atoms with Crippen LogP contribution >= 0.6 is 11.6 Å². The van der Waals surface area contributed by atoms with Crippen LogP contribution in [0.4, 0.5) is 5.82 Å². The fourth-order valence-corrected chi connectivity index (χ4v) is 0.522. The second kappa shape index (κ2) is 2.94. The normalized spacial score (nSPS) is 8.40. The van der Waals surface area contributed by atoms with Gasteiger partial charge in [0.2, 0.25) is 0 Å². The summed E-state index contributed by atoms with van der Waals surface area (Å²) in [7, 11) is 0. The molecule has 5 nitrogen and oxygen atoms in total. The van der Waals surface area contributed by atoms with Gasteiger partial charge in [-0.25, -0.2) is 0 Å². The van der Waals surface area contributed by atoms with Crippen LogP contribution in [0.2, 0.25) is 5.02 Å². The van der Waals surface area contributed by atoms with E-state index >= 15 is 0 Å². The molecule has 0 amide bonds. The Balaban J connectivity index is 2.94. The summed E-state index contributed by atoms with van der Waals surface area (Å²) in [6, 6.07) is 0. The Labute approximate surface area is 61.6 Å². The third kappa shape index (κ3) is 1.30. The number of hydrogen-bond donors (Lipinski definition) is 1. The van der Waals surface area contributed by atoms with Crippen LogP contribution in [-0.2, 0) is 0 Å². The van der Waals surface area contributed by atoms with Crippen molar-refractivity contribution in [1.29, 1.82) is 5.26 Å². The molecular formula is C4H2ClN5. The molecule has 1 N–H and O–H groups in total. The molecule has 0 saturated heterocycles. The number of rotatable bonds is 1. The average Bonchev–Trinajstić information content (AvgIpc) is 1.94. The van der Waals surface area contributed by atoms with Crippen LogP contribution in [0.3, 0.4) is 0 Å². The van der Waals surface area contributed by atoms with E-state index in [1.165, 1.54) is 6.20 Å². The van der Waals surface area contributed by atoms with E-state index in [1.807, 2.05) is 0 Å². The molecule has 0 unspecified atom stereocenters. The summed E-state index contributed by atoms with van der Waals surface area (Å²) in [5, 5.41) is 20.7. The van der Waals surface area contributed by atoms with Crippen molar-refractivity contribution in [3.63, 3.8) is 0 Å². The van der Waals surface area contributed by atoms with Crippen LogP contribution in [0.5, 0.6) is 0 Å². The Morgan fingerprint density at radius 1 is 1.70 bits per heavy atom. The lowest BCUT2D eigenvalue weighted by atomic mass is 10.6. The highest BCUT2D eigenvalue weighted by Crippen LogP contribution is 2.13. The van der Waals surface area contributed by atoms with Crippen LogP contribution < -0.4 is 5.32 Å². The first-order valence-electron chi connectivity index (χ1n) is 2.33. The summed E-state index contributed by atoms with van der Waals surface area (Å²) in [5.74, 6) is 0.221. The van der Waals surface area contributed by atoms with Crippen molar-refractivity contribution in [3.8, 4) is 6.19 Å². The molecule has 1 aromatic heterocycles. The third-order valence-electron chi connectivity index (χ3n) is 0.768. The highest BCUT2D eigenvalue weighted by atomic mass is 35.5. The largest absolute Gasteiger partial charge is 0.274 e. The topological polar surface area (TPSA) is 74.5 Å². The first-order chi connectivity index (χ1) is 4.84. The zero-order valence-corrected chi connectivity index (χ0v) is 5.50. The van der Waals surface area contributed by atoms with E-state index in [0.717, 1.165) is 0 Å². The lowest BCUT2D eigenvalue weighted by molar-refractivity contribution is 0.871. The first-order valence-corrected chi connectivity index (χ1v) is 2.71. The van der Waals surface area contributed by atoms with E-state index in [9.17, 15) is 0 Å². The van der Waals surface area contributed by atoms with E-state index in [4.69, 9.17) is 16.9 Å². The zero-order chi connectivity index (χ0) is 7.40. The monoisotopic (exact) mass is 155 g/mol. The van der Waals surface area contributed by atoms with Crippen LogP contribution in [0, 0.1) is 11.5 Å². The van der Waals surface area contributed by atoms with Gasteiger partial charge in [0, 0.05) is 0 Å². The van der Waals surface area contributed by atoms with Gasteiger partial charge >= 0.3 is 0 Å². The van der Waals surface area contributed by atoms with Crippen molar-refractivity contribution in [2.24, 2.45) is 0 Å². The molecule has 0 aliphatic carbocycles. The molecule has 0 radical (unpaired) electrons. The Hall–Kier alpha value is -1.41. The molecule has 0 fully saturated rings. The van der Waals surface area contributed by atoms with Crippen molar-refractivity contribution in [1.82, 2.24) is 15.4 Å². The van der Waals surface area contributed by atoms with Gasteiger partial charge in [0.25, 0.3) is 0 Å². The van der Waals surface area contributed by atoms with Gasteiger partial charge in [-0.2, -0.15) is 5.26 Å². The maximum Gasteiger partial charge on any atom is 0.183 e. The van der Waals surface area contributed by atoms with E-state index in [0.29, 0.717) is 0 Å². The average molecular weight is 156 g/mol. The number of aromatic nitrogens is 3. The molecule has 0 bridgehead atoms. The summed E-state index contributed by atoms with van der Waals surface area (Å²) >= 11 is 5.52. The minimum Gasteiger partial charge on any atom is -0.274 e. The SMILES string of the molecule is N#CNc1nnncc1Cl. The van der Waals surface area contributed by atoms with E-state index < -0.39 is 0 Å². The predicted octanol–water partition coefficient (Wildman–Crippen LogP) is 0.418. The summed E-state index contributed by atoms with van der Waals surface area (Å²) in [4.78, 5) is 0. The molecule has 0 saturated carbocycles. The number of nitrogens with zero attached hydrogens (tertiary/aromatic N) is 4. The molecule has 6 heteroatoms. The third-order valence-corrected chi connectivity index (χ3v) is 1.04. The number of hydrogen-bond acceptors (Lipinski definition) is 5.